The maximum absolute atomic E-state index is 13.8. The zero-order valence-corrected chi connectivity index (χ0v) is 12.9. The molecule has 1 aromatic carbocycles. The second-order valence-corrected chi connectivity index (χ2v) is 4.98. The minimum absolute atomic E-state index is 0.0110. The van der Waals surface area contributed by atoms with Crippen molar-refractivity contribution >= 4 is 17.5 Å². The summed E-state index contributed by atoms with van der Waals surface area (Å²) < 4.78 is 27.2. The van der Waals surface area contributed by atoms with Crippen molar-refractivity contribution in [3.05, 3.63) is 60.4 Å². The molecule has 0 radical (unpaired) electrons. The fraction of sp³-hybridized carbons (Fsp3) is 0.118. The van der Waals surface area contributed by atoms with Gasteiger partial charge in [0, 0.05) is 36.6 Å². The molecule has 5 nitrogen and oxygen atoms in total. The molecule has 3 rings (SSSR count). The standard InChI is InChI=1S/C17H15F2N5/c1-2-21-17-23-14(11-5-7-20-8-6-11)10-16(24-17)22-15-9-12(18)3-4-13(15)19/h3-10H,2H2,1H3,(H2,21,22,23,24). The molecule has 0 aliphatic carbocycles. The normalized spacial score (nSPS) is 10.5. The number of hydrogen-bond donors (Lipinski definition) is 2. The van der Waals surface area contributed by atoms with Crippen LogP contribution in [0.15, 0.2) is 48.8 Å². The molecule has 0 saturated heterocycles. The third-order valence-electron chi connectivity index (χ3n) is 3.23. The van der Waals surface area contributed by atoms with Crippen molar-refractivity contribution in [2.24, 2.45) is 0 Å². The van der Waals surface area contributed by atoms with Crippen molar-refractivity contribution < 1.29 is 8.78 Å². The number of anilines is 3. The first-order valence-electron chi connectivity index (χ1n) is 7.41. The van der Waals surface area contributed by atoms with Crippen LogP contribution in [-0.4, -0.2) is 21.5 Å². The van der Waals surface area contributed by atoms with Crippen LogP contribution in [0, 0.1) is 11.6 Å². The molecule has 3 aromatic rings. The SMILES string of the molecule is CCNc1nc(Nc2cc(F)ccc2F)cc(-c2ccncc2)n1. The van der Waals surface area contributed by atoms with Crippen LogP contribution in [-0.2, 0) is 0 Å². The first-order valence-corrected chi connectivity index (χ1v) is 7.41. The van der Waals surface area contributed by atoms with Gasteiger partial charge in [-0.2, -0.15) is 4.98 Å². The molecule has 0 saturated carbocycles. The van der Waals surface area contributed by atoms with E-state index in [1.165, 1.54) is 0 Å². The maximum atomic E-state index is 13.8. The second-order valence-electron chi connectivity index (χ2n) is 4.98. The first kappa shape index (κ1) is 15.8. The van der Waals surface area contributed by atoms with E-state index in [2.05, 4.69) is 25.6 Å². The Bertz CT molecular complexity index is 840. The largest absolute Gasteiger partial charge is 0.354 e. The molecule has 2 heterocycles. The average molecular weight is 327 g/mol. The molecular formula is C17H15F2N5. The van der Waals surface area contributed by atoms with Crippen molar-refractivity contribution in [1.29, 1.82) is 0 Å². The van der Waals surface area contributed by atoms with Crippen LogP contribution in [0.4, 0.5) is 26.2 Å². The Kier molecular flexibility index (Phi) is 4.60. The Hall–Kier alpha value is -3.09. The van der Waals surface area contributed by atoms with E-state index in [9.17, 15) is 8.78 Å². The molecule has 0 aliphatic heterocycles. The van der Waals surface area contributed by atoms with Crippen molar-refractivity contribution in [2.45, 2.75) is 6.92 Å². The van der Waals surface area contributed by atoms with E-state index in [4.69, 9.17) is 0 Å². The summed E-state index contributed by atoms with van der Waals surface area (Å²) >= 11 is 0. The molecule has 0 bridgehead atoms. The average Bonchev–Trinajstić information content (AvgIpc) is 2.59. The first-order chi connectivity index (χ1) is 11.7. The lowest BCUT2D eigenvalue weighted by atomic mass is 10.2. The molecule has 0 spiro atoms. The highest BCUT2D eigenvalue weighted by atomic mass is 19.1. The van der Waals surface area contributed by atoms with E-state index < -0.39 is 11.6 Å². The Morgan fingerprint density at radius 3 is 2.54 bits per heavy atom. The van der Waals surface area contributed by atoms with Crippen molar-refractivity contribution in [3.63, 3.8) is 0 Å². The molecule has 0 atom stereocenters. The van der Waals surface area contributed by atoms with Gasteiger partial charge in [-0.25, -0.2) is 13.8 Å². The van der Waals surface area contributed by atoms with Gasteiger partial charge < -0.3 is 10.6 Å². The second kappa shape index (κ2) is 6.99. The topological polar surface area (TPSA) is 62.7 Å². The molecule has 0 aliphatic rings. The Morgan fingerprint density at radius 2 is 1.79 bits per heavy atom. The summed E-state index contributed by atoms with van der Waals surface area (Å²) in [6, 6.07) is 8.49. The highest BCUT2D eigenvalue weighted by Crippen LogP contribution is 2.25. The summed E-state index contributed by atoms with van der Waals surface area (Å²) in [6.07, 6.45) is 3.31. The summed E-state index contributed by atoms with van der Waals surface area (Å²) in [4.78, 5) is 12.7. The van der Waals surface area contributed by atoms with Crippen LogP contribution in [0.5, 0.6) is 0 Å². The van der Waals surface area contributed by atoms with E-state index in [0.717, 1.165) is 23.8 Å². The number of benzene rings is 1. The molecule has 122 valence electrons. The summed E-state index contributed by atoms with van der Waals surface area (Å²) in [5.41, 5.74) is 1.49. The fourth-order valence-electron chi connectivity index (χ4n) is 2.15. The van der Waals surface area contributed by atoms with E-state index in [1.54, 1.807) is 18.5 Å². The fourth-order valence-corrected chi connectivity index (χ4v) is 2.15. The summed E-state index contributed by atoms with van der Waals surface area (Å²) in [5, 5.41) is 5.82. The zero-order chi connectivity index (χ0) is 16.9. The third-order valence-corrected chi connectivity index (χ3v) is 3.23. The van der Waals surface area contributed by atoms with Gasteiger partial charge in [0.15, 0.2) is 0 Å². The summed E-state index contributed by atoms with van der Waals surface area (Å²) in [5.74, 6) is -0.344. The van der Waals surface area contributed by atoms with Crippen LogP contribution in [0.25, 0.3) is 11.3 Å². The molecule has 0 amide bonds. The molecule has 2 N–H and O–H groups in total. The van der Waals surface area contributed by atoms with Gasteiger partial charge in [0.25, 0.3) is 0 Å². The predicted octanol–water partition coefficient (Wildman–Crippen LogP) is 3.99. The van der Waals surface area contributed by atoms with Gasteiger partial charge in [-0.1, -0.05) is 0 Å². The van der Waals surface area contributed by atoms with Crippen LogP contribution in [0.2, 0.25) is 0 Å². The van der Waals surface area contributed by atoms with E-state index in [-0.39, 0.29) is 5.69 Å². The molecule has 2 aromatic heterocycles. The van der Waals surface area contributed by atoms with E-state index >= 15 is 0 Å². The summed E-state index contributed by atoms with van der Waals surface area (Å²) in [7, 11) is 0. The van der Waals surface area contributed by atoms with Gasteiger partial charge >= 0.3 is 0 Å². The molecule has 0 fully saturated rings. The Balaban J connectivity index is 2.00. The van der Waals surface area contributed by atoms with Gasteiger partial charge in [0.05, 0.1) is 11.4 Å². The predicted molar refractivity (Wildman–Crippen MR) is 89.1 cm³/mol. The summed E-state index contributed by atoms with van der Waals surface area (Å²) in [6.45, 7) is 2.55. The number of aromatic nitrogens is 3. The number of nitrogens with zero attached hydrogens (tertiary/aromatic N) is 3. The van der Waals surface area contributed by atoms with Gasteiger partial charge in [-0.05, 0) is 31.2 Å². The lowest BCUT2D eigenvalue weighted by Gasteiger charge is -2.11. The van der Waals surface area contributed by atoms with Crippen LogP contribution in [0.3, 0.4) is 0 Å². The van der Waals surface area contributed by atoms with Crippen LogP contribution in [0.1, 0.15) is 6.92 Å². The molecule has 24 heavy (non-hydrogen) atoms. The zero-order valence-electron chi connectivity index (χ0n) is 12.9. The van der Waals surface area contributed by atoms with Gasteiger partial charge in [-0.3, -0.25) is 4.98 Å². The van der Waals surface area contributed by atoms with Crippen molar-refractivity contribution in [3.8, 4) is 11.3 Å². The molecule has 7 heteroatoms. The van der Waals surface area contributed by atoms with Gasteiger partial charge in [0.1, 0.15) is 17.5 Å². The number of rotatable bonds is 5. The minimum Gasteiger partial charge on any atom is -0.354 e. The highest BCUT2D eigenvalue weighted by Gasteiger charge is 2.09. The number of nitrogens with one attached hydrogen (secondary N) is 2. The lowest BCUT2D eigenvalue weighted by molar-refractivity contribution is 0.603. The van der Waals surface area contributed by atoms with E-state index in [0.29, 0.717) is 24.0 Å². The molecular weight excluding hydrogens is 312 g/mol. The Morgan fingerprint density at radius 1 is 1.00 bits per heavy atom. The monoisotopic (exact) mass is 327 g/mol. The third kappa shape index (κ3) is 3.62. The highest BCUT2D eigenvalue weighted by molar-refractivity contribution is 5.67. The van der Waals surface area contributed by atoms with Crippen LogP contribution < -0.4 is 10.6 Å². The van der Waals surface area contributed by atoms with Crippen molar-refractivity contribution in [1.82, 2.24) is 15.0 Å². The lowest BCUT2D eigenvalue weighted by Crippen LogP contribution is -2.06. The van der Waals surface area contributed by atoms with Gasteiger partial charge in [-0.15, -0.1) is 0 Å². The minimum atomic E-state index is -0.564. The smallest absolute Gasteiger partial charge is 0.225 e. The number of hydrogen-bond acceptors (Lipinski definition) is 5. The number of pyridine rings is 1. The quantitative estimate of drug-likeness (QED) is 0.742. The molecule has 0 unspecified atom stereocenters. The van der Waals surface area contributed by atoms with Crippen molar-refractivity contribution in [2.75, 3.05) is 17.2 Å². The Labute approximate surface area is 137 Å². The number of halogens is 2. The van der Waals surface area contributed by atoms with E-state index in [1.807, 2.05) is 19.1 Å². The van der Waals surface area contributed by atoms with Crippen LogP contribution >= 0.6 is 0 Å². The van der Waals surface area contributed by atoms with Gasteiger partial charge in [0.2, 0.25) is 5.95 Å². The maximum Gasteiger partial charge on any atom is 0.225 e.